The number of rotatable bonds is 5. The van der Waals surface area contributed by atoms with E-state index in [1.165, 1.54) is 27.1 Å². The Hall–Kier alpha value is -7.83. The molecule has 57 heavy (non-hydrogen) atoms. The molecule has 0 spiro atoms. The molecule has 0 aliphatic rings. The maximum Gasteiger partial charge on any atom is 0.238 e. The molecule has 0 aliphatic heterocycles. The normalized spacial score (nSPS) is 11.9. The molecule has 4 aromatic heterocycles. The monoisotopic (exact) mass is 728 g/mol. The molecule has 0 fully saturated rings. The van der Waals surface area contributed by atoms with Gasteiger partial charge in [-0.05, 0) is 72.8 Å². The fourth-order valence-electron chi connectivity index (χ4n) is 8.87. The number of hydrogen-bond donors (Lipinski definition) is 0. The maximum atomic E-state index is 5.35. The molecule has 4 heterocycles. The number of nitrogens with zero attached hydrogens (tertiary/aromatic N) is 6. The van der Waals surface area contributed by atoms with E-state index >= 15 is 0 Å². The van der Waals surface area contributed by atoms with E-state index in [-0.39, 0.29) is 0 Å². The molecule has 6 nitrogen and oxygen atoms in total. The quantitative estimate of drug-likeness (QED) is 0.177. The van der Waals surface area contributed by atoms with E-state index in [1.54, 1.807) is 0 Å². The summed E-state index contributed by atoms with van der Waals surface area (Å²) in [6.45, 7) is 0. The van der Waals surface area contributed by atoms with Crippen LogP contribution in [0.25, 0.3) is 106 Å². The highest BCUT2D eigenvalue weighted by Crippen LogP contribution is 2.42. The summed E-state index contributed by atoms with van der Waals surface area (Å²) in [5, 5.41) is 7.05. The van der Waals surface area contributed by atoms with Crippen molar-refractivity contribution in [3.8, 4) is 40.1 Å². The molecule has 0 amide bonds. The molecular weight excluding hydrogens is 697 g/mol. The van der Waals surface area contributed by atoms with Crippen molar-refractivity contribution in [2.45, 2.75) is 0 Å². The van der Waals surface area contributed by atoms with Crippen molar-refractivity contribution >= 4 is 65.4 Å². The Bertz CT molecular complexity index is 3510. The molecular formula is C51H32N6. The summed E-state index contributed by atoms with van der Waals surface area (Å²) in [6, 6.07) is 68.3. The van der Waals surface area contributed by atoms with Crippen molar-refractivity contribution < 1.29 is 0 Å². The van der Waals surface area contributed by atoms with Crippen molar-refractivity contribution in [3.63, 3.8) is 0 Å². The lowest BCUT2D eigenvalue weighted by Crippen LogP contribution is -2.06. The summed E-state index contributed by atoms with van der Waals surface area (Å²) in [4.78, 5) is 15.8. The number of hydrogen-bond acceptors (Lipinski definition) is 3. The first kappa shape index (κ1) is 31.5. The molecule has 0 atom stereocenters. The van der Waals surface area contributed by atoms with Crippen molar-refractivity contribution in [1.29, 1.82) is 0 Å². The van der Waals surface area contributed by atoms with Gasteiger partial charge in [0.1, 0.15) is 0 Å². The first-order valence-electron chi connectivity index (χ1n) is 19.2. The third-order valence-corrected chi connectivity index (χ3v) is 11.3. The highest BCUT2D eigenvalue weighted by Gasteiger charge is 2.23. The van der Waals surface area contributed by atoms with Crippen LogP contribution in [0.2, 0.25) is 0 Å². The lowest BCUT2D eigenvalue weighted by Gasteiger charge is -2.11. The summed E-state index contributed by atoms with van der Waals surface area (Å²) in [7, 11) is 0. The van der Waals surface area contributed by atoms with Crippen LogP contribution in [-0.2, 0) is 0 Å². The van der Waals surface area contributed by atoms with Crippen LogP contribution < -0.4 is 0 Å². The van der Waals surface area contributed by atoms with Gasteiger partial charge in [0, 0.05) is 54.8 Å². The first-order valence-corrected chi connectivity index (χ1v) is 19.2. The van der Waals surface area contributed by atoms with E-state index in [9.17, 15) is 0 Å². The SMILES string of the molecule is c1ccc(-c2nc(-c3ccc4c(c3)c3ccccc3n4-c3ccccc3)nc(-n3c4ccccc4c4c5c6ccccc6n(-c6ccccc6)c5ccc43)n2)cc1. The predicted octanol–water partition coefficient (Wildman–Crippen LogP) is 12.5. The maximum absolute atomic E-state index is 5.35. The summed E-state index contributed by atoms with van der Waals surface area (Å²) in [6.07, 6.45) is 0. The van der Waals surface area contributed by atoms with Crippen LogP contribution in [0.1, 0.15) is 0 Å². The molecule has 0 bridgehead atoms. The fraction of sp³-hybridized carbons (Fsp3) is 0. The van der Waals surface area contributed by atoms with Crippen LogP contribution in [0.15, 0.2) is 194 Å². The molecule has 0 N–H and O–H groups in total. The Kier molecular flexibility index (Phi) is 6.83. The van der Waals surface area contributed by atoms with Crippen molar-refractivity contribution in [2.75, 3.05) is 0 Å². The zero-order valence-corrected chi connectivity index (χ0v) is 30.7. The van der Waals surface area contributed by atoms with Crippen LogP contribution in [0.5, 0.6) is 0 Å². The predicted molar refractivity (Wildman–Crippen MR) is 234 cm³/mol. The van der Waals surface area contributed by atoms with Gasteiger partial charge in [-0.3, -0.25) is 4.57 Å². The second-order valence-electron chi connectivity index (χ2n) is 14.5. The summed E-state index contributed by atoms with van der Waals surface area (Å²) in [5.74, 6) is 1.81. The van der Waals surface area contributed by atoms with Gasteiger partial charge in [-0.15, -0.1) is 0 Å². The minimum atomic E-state index is 0.572. The molecule has 0 unspecified atom stereocenters. The standard InChI is InChI=1S/C51H32N6/c1-4-16-33(17-5-1)49-52-50(34-28-29-44-40(32-34)37-22-10-13-25-41(37)55(44)35-18-6-2-7-19-35)54-51(53-49)57-43-27-15-12-24-39(43)48-46(57)31-30-45-47(48)38-23-11-14-26-42(38)56(45)36-20-8-3-9-21-36/h1-32H. The molecule has 0 saturated heterocycles. The van der Waals surface area contributed by atoms with E-state index in [1.807, 2.05) is 18.2 Å². The Balaban J connectivity index is 1.14. The topological polar surface area (TPSA) is 53.5 Å². The van der Waals surface area contributed by atoms with Gasteiger partial charge in [0.2, 0.25) is 5.95 Å². The average Bonchev–Trinajstić information content (AvgIpc) is 3.92. The van der Waals surface area contributed by atoms with Crippen molar-refractivity contribution in [2.24, 2.45) is 0 Å². The van der Waals surface area contributed by atoms with Gasteiger partial charge in [-0.2, -0.15) is 9.97 Å². The largest absolute Gasteiger partial charge is 0.309 e. The van der Waals surface area contributed by atoms with Crippen LogP contribution >= 0.6 is 0 Å². The van der Waals surface area contributed by atoms with Gasteiger partial charge in [0.15, 0.2) is 11.6 Å². The van der Waals surface area contributed by atoms with Gasteiger partial charge >= 0.3 is 0 Å². The second-order valence-corrected chi connectivity index (χ2v) is 14.5. The Morgan fingerprint density at radius 3 is 1.32 bits per heavy atom. The highest BCUT2D eigenvalue weighted by atomic mass is 15.2. The fourth-order valence-corrected chi connectivity index (χ4v) is 8.87. The summed E-state index contributed by atoms with van der Waals surface area (Å²) in [5.41, 5.74) is 10.8. The second kappa shape index (κ2) is 12.3. The molecule has 12 aromatic rings. The molecule has 266 valence electrons. The number of para-hydroxylation sites is 5. The Morgan fingerprint density at radius 2 is 0.702 bits per heavy atom. The number of fused-ring (bicyclic) bond motifs is 10. The smallest absolute Gasteiger partial charge is 0.238 e. The van der Waals surface area contributed by atoms with E-state index in [2.05, 4.69) is 190 Å². The van der Waals surface area contributed by atoms with Crippen molar-refractivity contribution in [1.82, 2.24) is 28.7 Å². The Morgan fingerprint density at radius 1 is 0.281 bits per heavy atom. The van der Waals surface area contributed by atoms with E-state index in [0.29, 0.717) is 17.6 Å². The van der Waals surface area contributed by atoms with E-state index in [0.717, 1.165) is 60.9 Å². The molecule has 0 saturated carbocycles. The molecule has 0 aliphatic carbocycles. The summed E-state index contributed by atoms with van der Waals surface area (Å²) >= 11 is 0. The minimum absolute atomic E-state index is 0.572. The van der Waals surface area contributed by atoms with E-state index < -0.39 is 0 Å². The zero-order valence-electron chi connectivity index (χ0n) is 30.7. The van der Waals surface area contributed by atoms with Gasteiger partial charge in [-0.25, -0.2) is 4.98 Å². The minimum Gasteiger partial charge on any atom is -0.309 e. The lowest BCUT2D eigenvalue weighted by molar-refractivity contribution is 0.954. The van der Waals surface area contributed by atoms with Crippen LogP contribution in [0.3, 0.4) is 0 Å². The van der Waals surface area contributed by atoms with Crippen LogP contribution in [-0.4, -0.2) is 28.7 Å². The third kappa shape index (κ3) is 4.74. The number of aromatic nitrogens is 6. The third-order valence-electron chi connectivity index (χ3n) is 11.3. The molecule has 6 heteroatoms. The summed E-state index contributed by atoms with van der Waals surface area (Å²) < 4.78 is 6.92. The van der Waals surface area contributed by atoms with Gasteiger partial charge in [-0.1, -0.05) is 121 Å². The van der Waals surface area contributed by atoms with Crippen LogP contribution in [0.4, 0.5) is 0 Å². The lowest BCUT2D eigenvalue weighted by atomic mass is 10.1. The van der Waals surface area contributed by atoms with Gasteiger partial charge in [0.05, 0.1) is 33.1 Å². The molecule has 12 rings (SSSR count). The zero-order chi connectivity index (χ0) is 37.5. The number of benzene rings is 8. The average molecular weight is 729 g/mol. The van der Waals surface area contributed by atoms with Gasteiger partial charge in [0.25, 0.3) is 0 Å². The first-order chi connectivity index (χ1) is 28.3. The molecule has 0 radical (unpaired) electrons. The van der Waals surface area contributed by atoms with Crippen LogP contribution in [0, 0.1) is 0 Å². The highest BCUT2D eigenvalue weighted by molar-refractivity contribution is 6.28. The van der Waals surface area contributed by atoms with Gasteiger partial charge < -0.3 is 9.13 Å². The Labute approximate surface area is 327 Å². The molecule has 8 aromatic carbocycles. The van der Waals surface area contributed by atoms with E-state index in [4.69, 9.17) is 15.0 Å². The van der Waals surface area contributed by atoms with Crippen molar-refractivity contribution in [3.05, 3.63) is 194 Å².